The SMILES string of the molecule is CC(C)N1CC(C(=O)N2CCC(CCn3cccn3)CC2)CC1=O. The van der Waals surface area contributed by atoms with Crippen molar-refractivity contribution in [1.29, 1.82) is 0 Å². The fourth-order valence-corrected chi connectivity index (χ4v) is 3.84. The van der Waals surface area contributed by atoms with Crippen LogP contribution in [-0.4, -0.2) is 57.1 Å². The average molecular weight is 332 g/mol. The van der Waals surface area contributed by atoms with Gasteiger partial charge in [-0.05, 0) is 45.1 Å². The van der Waals surface area contributed by atoms with E-state index >= 15 is 0 Å². The van der Waals surface area contributed by atoms with E-state index in [1.807, 2.05) is 46.8 Å². The van der Waals surface area contributed by atoms with Crippen molar-refractivity contribution in [3.63, 3.8) is 0 Å². The summed E-state index contributed by atoms with van der Waals surface area (Å²) < 4.78 is 1.97. The third-order valence-electron chi connectivity index (χ3n) is 5.38. The van der Waals surface area contributed by atoms with E-state index < -0.39 is 0 Å². The van der Waals surface area contributed by atoms with Crippen molar-refractivity contribution in [2.24, 2.45) is 11.8 Å². The molecule has 0 radical (unpaired) electrons. The second-order valence-corrected chi connectivity index (χ2v) is 7.37. The standard InChI is InChI=1S/C18H28N4O2/c1-14(2)22-13-16(12-17(22)23)18(24)20-9-4-15(5-10-20)6-11-21-8-3-7-19-21/h3,7-8,14-16H,4-6,9-13H2,1-2H3. The molecular weight excluding hydrogens is 304 g/mol. The van der Waals surface area contributed by atoms with E-state index in [-0.39, 0.29) is 23.8 Å². The molecule has 2 saturated heterocycles. The van der Waals surface area contributed by atoms with Gasteiger partial charge in [-0.25, -0.2) is 0 Å². The van der Waals surface area contributed by atoms with Crippen molar-refractivity contribution in [2.75, 3.05) is 19.6 Å². The Balaban J connectivity index is 1.44. The van der Waals surface area contributed by atoms with Gasteiger partial charge < -0.3 is 9.80 Å². The average Bonchev–Trinajstić information content (AvgIpc) is 3.22. The zero-order valence-electron chi connectivity index (χ0n) is 14.7. The van der Waals surface area contributed by atoms with Crippen LogP contribution >= 0.6 is 0 Å². The highest BCUT2D eigenvalue weighted by atomic mass is 16.2. The summed E-state index contributed by atoms with van der Waals surface area (Å²) >= 11 is 0. The summed E-state index contributed by atoms with van der Waals surface area (Å²) in [4.78, 5) is 28.5. The Labute approximate surface area is 143 Å². The first kappa shape index (κ1) is 17.0. The number of rotatable bonds is 5. The van der Waals surface area contributed by atoms with Gasteiger partial charge in [0.05, 0.1) is 5.92 Å². The van der Waals surface area contributed by atoms with Crippen LogP contribution < -0.4 is 0 Å². The predicted molar refractivity (Wildman–Crippen MR) is 91.1 cm³/mol. The molecule has 2 aliphatic rings. The first-order valence-electron chi connectivity index (χ1n) is 9.10. The van der Waals surface area contributed by atoms with Gasteiger partial charge in [0.15, 0.2) is 0 Å². The summed E-state index contributed by atoms with van der Waals surface area (Å²) in [5.74, 6) is 0.825. The van der Waals surface area contributed by atoms with Crippen LogP contribution in [0.2, 0.25) is 0 Å². The van der Waals surface area contributed by atoms with Gasteiger partial charge in [-0.2, -0.15) is 5.10 Å². The first-order chi connectivity index (χ1) is 11.5. The minimum Gasteiger partial charge on any atom is -0.342 e. The van der Waals surface area contributed by atoms with E-state index in [0.717, 1.165) is 38.9 Å². The van der Waals surface area contributed by atoms with Crippen molar-refractivity contribution in [1.82, 2.24) is 19.6 Å². The van der Waals surface area contributed by atoms with E-state index in [4.69, 9.17) is 0 Å². The Hall–Kier alpha value is -1.85. The fraction of sp³-hybridized carbons (Fsp3) is 0.722. The molecule has 2 amide bonds. The van der Waals surface area contributed by atoms with Crippen molar-refractivity contribution in [3.05, 3.63) is 18.5 Å². The van der Waals surface area contributed by atoms with Crippen LogP contribution in [0.4, 0.5) is 0 Å². The molecule has 2 fully saturated rings. The minimum absolute atomic E-state index is 0.123. The molecule has 0 aliphatic carbocycles. The molecule has 0 saturated carbocycles. The van der Waals surface area contributed by atoms with Crippen molar-refractivity contribution < 1.29 is 9.59 Å². The third kappa shape index (κ3) is 3.79. The molecule has 1 aromatic rings. The molecule has 0 N–H and O–H groups in total. The number of nitrogens with zero attached hydrogens (tertiary/aromatic N) is 4. The summed E-state index contributed by atoms with van der Waals surface area (Å²) in [5.41, 5.74) is 0. The second-order valence-electron chi connectivity index (χ2n) is 7.37. The van der Waals surface area contributed by atoms with E-state index in [0.29, 0.717) is 18.9 Å². The highest BCUT2D eigenvalue weighted by Gasteiger charge is 2.38. The van der Waals surface area contributed by atoms with Gasteiger partial charge in [0, 0.05) is 51.0 Å². The summed E-state index contributed by atoms with van der Waals surface area (Å²) in [5, 5.41) is 4.24. The summed E-state index contributed by atoms with van der Waals surface area (Å²) in [7, 11) is 0. The van der Waals surface area contributed by atoms with Gasteiger partial charge in [0.2, 0.25) is 11.8 Å². The van der Waals surface area contributed by atoms with Crippen LogP contribution in [0.25, 0.3) is 0 Å². The predicted octanol–water partition coefficient (Wildman–Crippen LogP) is 1.77. The number of hydrogen-bond donors (Lipinski definition) is 0. The lowest BCUT2D eigenvalue weighted by Crippen LogP contribution is -2.43. The smallest absolute Gasteiger partial charge is 0.227 e. The maximum Gasteiger partial charge on any atom is 0.227 e. The molecule has 3 rings (SSSR count). The van der Waals surface area contributed by atoms with Gasteiger partial charge in [-0.3, -0.25) is 14.3 Å². The van der Waals surface area contributed by atoms with Crippen LogP contribution in [-0.2, 0) is 16.1 Å². The Bertz CT molecular complexity index is 562. The molecule has 6 heteroatoms. The quantitative estimate of drug-likeness (QED) is 0.826. The minimum atomic E-state index is -0.138. The summed E-state index contributed by atoms with van der Waals surface area (Å²) in [6.07, 6.45) is 7.42. The Kier molecular flexibility index (Phi) is 5.21. The molecular formula is C18H28N4O2. The van der Waals surface area contributed by atoms with Crippen molar-refractivity contribution in [2.45, 2.75) is 52.1 Å². The number of aromatic nitrogens is 2. The molecule has 3 heterocycles. The molecule has 1 unspecified atom stereocenters. The van der Waals surface area contributed by atoms with Gasteiger partial charge in [-0.1, -0.05) is 0 Å². The monoisotopic (exact) mass is 332 g/mol. The molecule has 1 aromatic heterocycles. The van der Waals surface area contributed by atoms with E-state index in [1.165, 1.54) is 0 Å². The van der Waals surface area contributed by atoms with Gasteiger partial charge in [-0.15, -0.1) is 0 Å². The first-order valence-corrected chi connectivity index (χ1v) is 9.10. The van der Waals surface area contributed by atoms with E-state index in [2.05, 4.69) is 5.10 Å². The van der Waals surface area contributed by atoms with E-state index in [9.17, 15) is 9.59 Å². The highest BCUT2D eigenvalue weighted by molar-refractivity contribution is 5.89. The van der Waals surface area contributed by atoms with E-state index in [1.54, 1.807) is 0 Å². The Morgan fingerprint density at radius 1 is 1.33 bits per heavy atom. The number of likely N-dealkylation sites (tertiary alicyclic amines) is 2. The normalized spacial score (nSPS) is 22.6. The number of piperidine rings is 1. The number of carbonyl (C=O) groups is 2. The molecule has 2 aliphatic heterocycles. The number of aryl methyl sites for hydroxylation is 1. The second kappa shape index (κ2) is 7.36. The van der Waals surface area contributed by atoms with Gasteiger partial charge in [0.1, 0.15) is 0 Å². The lowest BCUT2D eigenvalue weighted by molar-refractivity contribution is -0.137. The number of carbonyl (C=O) groups excluding carboxylic acids is 2. The fourth-order valence-electron chi connectivity index (χ4n) is 3.84. The highest BCUT2D eigenvalue weighted by Crippen LogP contribution is 2.26. The lowest BCUT2D eigenvalue weighted by atomic mass is 9.92. The zero-order valence-corrected chi connectivity index (χ0v) is 14.7. The van der Waals surface area contributed by atoms with Crippen LogP contribution in [0, 0.1) is 11.8 Å². The van der Waals surface area contributed by atoms with Crippen LogP contribution in [0.15, 0.2) is 18.5 Å². The number of amides is 2. The van der Waals surface area contributed by atoms with Crippen LogP contribution in [0.1, 0.15) is 39.5 Å². The molecule has 6 nitrogen and oxygen atoms in total. The van der Waals surface area contributed by atoms with Crippen LogP contribution in [0.3, 0.4) is 0 Å². The molecule has 0 spiro atoms. The lowest BCUT2D eigenvalue weighted by Gasteiger charge is -2.33. The number of hydrogen-bond acceptors (Lipinski definition) is 3. The molecule has 132 valence electrons. The van der Waals surface area contributed by atoms with Crippen LogP contribution in [0.5, 0.6) is 0 Å². The van der Waals surface area contributed by atoms with Gasteiger partial charge >= 0.3 is 0 Å². The van der Waals surface area contributed by atoms with Crippen molar-refractivity contribution in [3.8, 4) is 0 Å². The van der Waals surface area contributed by atoms with Gasteiger partial charge in [0.25, 0.3) is 0 Å². The molecule has 0 bridgehead atoms. The summed E-state index contributed by atoms with van der Waals surface area (Å²) in [6.45, 7) is 7.22. The topological polar surface area (TPSA) is 58.4 Å². The summed E-state index contributed by atoms with van der Waals surface area (Å²) in [6, 6.07) is 2.13. The Morgan fingerprint density at radius 2 is 2.08 bits per heavy atom. The maximum absolute atomic E-state index is 12.7. The third-order valence-corrected chi connectivity index (χ3v) is 5.38. The molecule has 0 aromatic carbocycles. The zero-order chi connectivity index (χ0) is 17.1. The molecule has 1 atom stereocenters. The largest absolute Gasteiger partial charge is 0.342 e. The molecule has 24 heavy (non-hydrogen) atoms. The van der Waals surface area contributed by atoms with Crippen molar-refractivity contribution >= 4 is 11.8 Å². The maximum atomic E-state index is 12.7. The Morgan fingerprint density at radius 3 is 2.67 bits per heavy atom.